The highest BCUT2D eigenvalue weighted by Crippen LogP contribution is 2.20. The molecule has 6 nitrogen and oxygen atoms in total. The molecule has 0 saturated heterocycles. The van der Waals surface area contributed by atoms with Crippen molar-refractivity contribution >= 4 is 11.6 Å². The second kappa shape index (κ2) is 6.21. The van der Waals surface area contributed by atoms with Gasteiger partial charge in [0.15, 0.2) is 0 Å². The Morgan fingerprint density at radius 3 is 2.05 bits per heavy atom. The highest BCUT2D eigenvalue weighted by atomic mass is 16.5. The van der Waals surface area contributed by atoms with Crippen LogP contribution >= 0.6 is 0 Å². The lowest BCUT2D eigenvalue weighted by atomic mass is 10.2. The minimum absolute atomic E-state index is 0.224. The molecule has 0 atom stereocenters. The molecule has 0 radical (unpaired) electrons. The summed E-state index contributed by atoms with van der Waals surface area (Å²) < 4.78 is 10.1. The SMILES string of the molecule is COc1ccc(C(=O)Nc2c(C)nc(OC)nc2C)cc1. The van der Waals surface area contributed by atoms with Crippen molar-refractivity contribution in [3.05, 3.63) is 41.2 Å². The molecular weight excluding hydrogens is 270 g/mol. The summed E-state index contributed by atoms with van der Waals surface area (Å²) >= 11 is 0. The average molecular weight is 287 g/mol. The van der Waals surface area contributed by atoms with E-state index in [1.54, 1.807) is 45.2 Å². The highest BCUT2D eigenvalue weighted by molar-refractivity contribution is 6.04. The molecule has 0 aliphatic carbocycles. The molecule has 0 aliphatic rings. The maximum atomic E-state index is 12.2. The predicted molar refractivity (Wildman–Crippen MR) is 79.0 cm³/mol. The van der Waals surface area contributed by atoms with E-state index in [1.165, 1.54) is 7.11 Å². The number of nitrogens with zero attached hydrogens (tertiary/aromatic N) is 2. The molecule has 1 aromatic carbocycles. The van der Waals surface area contributed by atoms with Gasteiger partial charge in [0.05, 0.1) is 31.3 Å². The molecule has 6 heteroatoms. The first-order chi connectivity index (χ1) is 10.0. The Balaban J connectivity index is 2.22. The summed E-state index contributed by atoms with van der Waals surface area (Å²) in [7, 11) is 3.08. The zero-order valence-corrected chi connectivity index (χ0v) is 12.4. The molecule has 0 spiro atoms. The molecule has 0 saturated carbocycles. The molecule has 2 rings (SSSR count). The van der Waals surface area contributed by atoms with E-state index in [4.69, 9.17) is 9.47 Å². The van der Waals surface area contributed by atoms with E-state index in [9.17, 15) is 4.79 Å². The highest BCUT2D eigenvalue weighted by Gasteiger charge is 2.13. The fourth-order valence-corrected chi connectivity index (χ4v) is 1.89. The smallest absolute Gasteiger partial charge is 0.316 e. The lowest BCUT2D eigenvalue weighted by Crippen LogP contribution is -2.15. The average Bonchev–Trinajstić information content (AvgIpc) is 2.50. The fraction of sp³-hybridized carbons (Fsp3) is 0.267. The van der Waals surface area contributed by atoms with Crippen LogP contribution in [0.1, 0.15) is 21.7 Å². The normalized spacial score (nSPS) is 10.1. The number of benzene rings is 1. The van der Waals surface area contributed by atoms with Gasteiger partial charge in [-0.1, -0.05) is 0 Å². The van der Waals surface area contributed by atoms with Crippen molar-refractivity contribution in [2.75, 3.05) is 19.5 Å². The van der Waals surface area contributed by atoms with Crippen molar-refractivity contribution < 1.29 is 14.3 Å². The van der Waals surface area contributed by atoms with Crippen LogP contribution in [0, 0.1) is 13.8 Å². The zero-order valence-electron chi connectivity index (χ0n) is 12.4. The van der Waals surface area contributed by atoms with Gasteiger partial charge in [0.1, 0.15) is 5.75 Å². The molecule has 1 amide bonds. The monoisotopic (exact) mass is 287 g/mol. The number of aryl methyl sites for hydroxylation is 2. The summed E-state index contributed by atoms with van der Waals surface area (Å²) in [6.45, 7) is 3.58. The van der Waals surface area contributed by atoms with Gasteiger partial charge in [-0.15, -0.1) is 0 Å². The van der Waals surface area contributed by atoms with E-state index in [1.807, 2.05) is 0 Å². The third kappa shape index (κ3) is 3.28. The number of hydrogen-bond acceptors (Lipinski definition) is 5. The van der Waals surface area contributed by atoms with Crippen LogP contribution in [-0.4, -0.2) is 30.1 Å². The van der Waals surface area contributed by atoms with Gasteiger partial charge in [0, 0.05) is 5.56 Å². The Bertz CT molecular complexity index is 631. The van der Waals surface area contributed by atoms with Crippen molar-refractivity contribution in [2.45, 2.75) is 13.8 Å². The zero-order chi connectivity index (χ0) is 15.4. The van der Waals surface area contributed by atoms with E-state index in [2.05, 4.69) is 15.3 Å². The molecule has 2 aromatic rings. The Morgan fingerprint density at radius 1 is 1.00 bits per heavy atom. The Kier molecular flexibility index (Phi) is 4.37. The first-order valence-corrected chi connectivity index (χ1v) is 6.39. The number of ether oxygens (including phenoxy) is 2. The van der Waals surface area contributed by atoms with Crippen LogP contribution in [0.5, 0.6) is 11.8 Å². The molecular formula is C15H17N3O3. The summed E-state index contributed by atoms with van der Waals surface area (Å²) in [6, 6.07) is 7.15. The molecule has 0 unspecified atom stereocenters. The molecule has 1 aromatic heterocycles. The maximum absolute atomic E-state index is 12.2. The van der Waals surface area contributed by atoms with Crippen LogP contribution in [0.2, 0.25) is 0 Å². The quantitative estimate of drug-likeness (QED) is 0.934. The van der Waals surface area contributed by atoms with E-state index in [0.717, 1.165) is 0 Å². The van der Waals surface area contributed by atoms with Crippen molar-refractivity contribution in [2.24, 2.45) is 0 Å². The van der Waals surface area contributed by atoms with Crippen LogP contribution < -0.4 is 14.8 Å². The lowest BCUT2D eigenvalue weighted by molar-refractivity contribution is 0.102. The Labute approximate surface area is 123 Å². The van der Waals surface area contributed by atoms with Gasteiger partial charge in [-0.25, -0.2) is 0 Å². The number of methoxy groups -OCH3 is 2. The molecule has 1 heterocycles. The van der Waals surface area contributed by atoms with Gasteiger partial charge in [0.25, 0.3) is 5.91 Å². The second-order valence-electron chi connectivity index (χ2n) is 4.44. The lowest BCUT2D eigenvalue weighted by Gasteiger charge is -2.11. The number of carbonyl (C=O) groups is 1. The van der Waals surface area contributed by atoms with Gasteiger partial charge < -0.3 is 14.8 Å². The van der Waals surface area contributed by atoms with Crippen LogP contribution in [0.3, 0.4) is 0 Å². The van der Waals surface area contributed by atoms with Crippen molar-refractivity contribution in [3.63, 3.8) is 0 Å². The number of hydrogen-bond donors (Lipinski definition) is 1. The second-order valence-corrected chi connectivity index (χ2v) is 4.44. The van der Waals surface area contributed by atoms with Crippen LogP contribution in [0.15, 0.2) is 24.3 Å². The van der Waals surface area contributed by atoms with Gasteiger partial charge >= 0.3 is 6.01 Å². The number of rotatable bonds is 4. The molecule has 0 bridgehead atoms. The van der Waals surface area contributed by atoms with Gasteiger partial charge in [-0.2, -0.15) is 9.97 Å². The van der Waals surface area contributed by atoms with Crippen LogP contribution in [0.4, 0.5) is 5.69 Å². The third-order valence-corrected chi connectivity index (χ3v) is 3.02. The molecule has 0 aliphatic heterocycles. The van der Waals surface area contributed by atoms with Crippen molar-refractivity contribution in [1.29, 1.82) is 0 Å². The van der Waals surface area contributed by atoms with Gasteiger partial charge in [-0.05, 0) is 38.1 Å². The van der Waals surface area contributed by atoms with Crippen LogP contribution in [-0.2, 0) is 0 Å². The fourth-order valence-electron chi connectivity index (χ4n) is 1.89. The third-order valence-electron chi connectivity index (χ3n) is 3.02. The minimum Gasteiger partial charge on any atom is -0.497 e. The van der Waals surface area contributed by atoms with Gasteiger partial charge in [0.2, 0.25) is 0 Å². The maximum Gasteiger partial charge on any atom is 0.316 e. The Morgan fingerprint density at radius 2 is 1.57 bits per heavy atom. The summed E-state index contributed by atoms with van der Waals surface area (Å²) in [5, 5.41) is 2.82. The molecule has 1 N–H and O–H groups in total. The largest absolute Gasteiger partial charge is 0.497 e. The summed E-state index contributed by atoms with van der Waals surface area (Å²) in [5.74, 6) is 0.476. The standard InChI is InChI=1S/C15H17N3O3/c1-9-13(10(2)17-15(16-9)21-4)18-14(19)11-5-7-12(20-3)8-6-11/h5-8H,1-4H3,(H,18,19). The number of aromatic nitrogens is 2. The summed E-state index contributed by atoms with van der Waals surface area (Å²) in [4.78, 5) is 20.6. The summed E-state index contributed by atoms with van der Waals surface area (Å²) in [6.07, 6.45) is 0. The predicted octanol–water partition coefficient (Wildman–Crippen LogP) is 2.36. The minimum atomic E-state index is -0.224. The molecule has 21 heavy (non-hydrogen) atoms. The number of anilines is 1. The van der Waals surface area contributed by atoms with E-state index < -0.39 is 0 Å². The number of nitrogens with one attached hydrogen (secondary N) is 1. The van der Waals surface area contributed by atoms with E-state index >= 15 is 0 Å². The first-order valence-electron chi connectivity index (χ1n) is 6.39. The number of carbonyl (C=O) groups excluding carboxylic acids is 1. The van der Waals surface area contributed by atoms with E-state index in [0.29, 0.717) is 28.4 Å². The van der Waals surface area contributed by atoms with Crippen LogP contribution in [0.25, 0.3) is 0 Å². The summed E-state index contributed by atoms with van der Waals surface area (Å²) in [5.41, 5.74) is 2.43. The van der Waals surface area contributed by atoms with Crippen molar-refractivity contribution in [1.82, 2.24) is 9.97 Å². The Hall–Kier alpha value is -2.63. The number of amides is 1. The first kappa shape index (κ1) is 14.8. The van der Waals surface area contributed by atoms with Crippen molar-refractivity contribution in [3.8, 4) is 11.8 Å². The molecule has 110 valence electrons. The van der Waals surface area contributed by atoms with E-state index in [-0.39, 0.29) is 11.9 Å². The molecule has 0 fully saturated rings. The topological polar surface area (TPSA) is 73.3 Å². The van der Waals surface area contributed by atoms with Gasteiger partial charge in [-0.3, -0.25) is 4.79 Å².